The maximum Gasteiger partial charge on any atom is 0.146 e. The largest absolute Gasteiger partial charge is 0.486 e. The fraction of sp³-hybridized carbons (Fsp3) is 0.333. The minimum atomic E-state index is -0.308. The summed E-state index contributed by atoms with van der Waals surface area (Å²) in [5.74, 6) is 1.06. The average Bonchev–Trinajstić information content (AvgIpc) is 2.85. The summed E-state index contributed by atoms with van der Waals surface area (Å²) < 4.78 is 24.5. The zero-order valence-electron chi connectivity index (χ0n) is 11.5. The molecule has 2 aromatic rings. The highest BCUT2D eigenvalue weighted by atomic mass is 79.9. The van der Waals surface area contributed by atoms with Gasteiger partial charge in [0.05, 0.1) is 10.7 Å². The van der Waals surface area contributed by atoms with Gasteiger partial charge in [0.25, 0.3) is 0 Å². The first-order valence-corrected chi connectivity index (χ1v) is 7.22. The van der Waals surface area contributed by atoms with Gasteiger partial charge in [-0.15, -0.1) is 0 Å². The van der Waals surface area contributed by atoms with E-state index in [-0.39, 0.29) is 5.82 Å². The summed E-state index contributed by atoms with van der Waals surface area (Å²) in [4.78, 5) is 0. The molecule has 0 atom stereocenters. The Morgan fingerprint density at radius 1 is 1.35 bits per heavy atom. The van der Waals surface area contributed by atoms with E-state index in [0.717, 1.165) is 17.9 Å². The molecule has 0 unspecified atom stereocenters. The third-order valence-electron chi connectivity index (χ3n) is 2.80. The molecule has 3 nitrogen and oxygen atoms in total. The van der Waals surface area contributed by atoms with E-state index >= 15 is 0 Å². The van der Waals surface area contributed by atoms with Crippen LogP contribution in [0.1, 0.15) is 25.2 Å². The first kappa shape index (κ1) is 15.1. The van der Waals surface area contributed by atoms with E-state index in [2.05, 4.69) is 35.1 Å². The van der Waals surface area contributed by atoms with Crippen LogP contribution in [-0.2, 0) is 13.2 Å². The maximum absolute atomic E-state index is 13.1. The van der Waals surface area contributed by atoms with Crippen molar-refractivity contribution in [1.29, 1.82) is 0 Å². The van der Waals surface area contributed by atoms with Crippen LogP contribution in [0.5, 0.6) is 5.75 Å². The monoisotopic (exact) mass is 341 g/mol. The molecule has 0 aliphatic carbocycles. The molecule has 0 spiro atoms. The zero-order chi connectivity index (χ0) is 14.5. The molecule has 108 valence electrons. The number of hydrogen-bond donors (Lipinski definition) is 1. The third kappa shape index (κ3) is 4.08. The number of benzene rings is 1. The molecule has 0 amide bonds. The van der Waals surface area contributed by atoms with Crippen LogP contribution < -0.4 is 10.1 Å². The van der Waals surface area contributed by atoms with Gasteiger partial charge in [-0.3, -0.25) is 0 Å². The van der Waals surface area contributed by atoms with Crippen molar-refractivity contribution in [1.82, 2.24) is 5.32 Å². The Labute approximate surface area is 126 Å². The highest BCUT2D eigenvalue weighted by Gasteiger charge is 2.08. The second kappa shape index (κ2) is 6.90. The molecule has 1 aromatic heterocycles. The molecular weight excluding hydrogens is 325 g/mol. The minimum absolute atomic E-state index is 0.308. The molecule has 0 saturated carbocycles. The number of nitrogens with one attached hydrogen (secondary N) is 1. The molecule has 5 heteroatoms. The van der Waals surface area contributed by atoms with Crippen molar-refractivity contribution in [3.8, 4) is 5.75 Å². The van der Waals surface area contributed by atoms with Gasteiger partial charge >= 0.3 is 0 Å². The highest BCUT2D eigenvalue weighted by Crippen LogP contribution is 2.23. The van der Waals surface area contributed by atoms with Gasteiger partial charge < -0.3 is 14.5 Å². The Bertz CT molecular complexity index is 569. The number of rotatable bonds is 6. The Morgan fingerprint density at radius 3 is 2.85 bits per heavy atom. The maximum atomic E-state index is 13.1. The van der Waals surface area contributed by atoms with E-state index in [0.29, 0.717) is 22.9 Å². The normalized spacial score (nSPS) is 11.1. The molecule has 1 N–H and O–H groups in total. The lowest BCUT2D eigenvalue weighted by Crippen LogP contribution is -2.22. The van der Waals surface area contributed by atoms with Crippen LogP contribution in [0.15, 0.2) is 39.4 Å². The van der Waals surface area contributed by atoms with E-state index in [1.165, 1.54) is 6.07 Å². The number of furan rings is 1. The van der Waals surface area contributed by atoms with Gasteiger partial charge in [0.15, 0.2) is 0 Å². The predicted molar refractivity (Wildman–Crippen MR) is 79.1 cm³/mol. The van der Waals surface area contributed by atoms with Gasteiger partial charge in [-0.1, -0.05) is 13.8 Å². The average molecular weight is 342 g/mol. The molecule has 0 aliphatic rings. The van der Waals surface area contributed by atoms with Gasteiger partial charge in [-0.05, 0) is 40.2 Å². The second-order valence-electron chi connectivity index (χ2n) is 4.77. The van der Waals surface area contributed by atoms with Gasteiger partial charge in [0.1, 0.15) is 23.9 Å². The van der Waals surface area contributed by atoms with Crippen LogP contribution in [0.2, 0.25) is 0 Å². The lowest BCUT2D eigenvalue weighted by atomic mass is 10.2. The van der Waals surface area contributed by atoms with E-state index in [4.69, 9.17) is 9.15 Å². The Kier molecular flexibility index (Phi) is 5.20. The summed E-state index contributed by atoms with van der Waals surface area (Å²) in [7, 11) is 0. The Morgan fingerprint density at radius 2 is 2.15 bits per heavy atom. The number of halogens is 2. The van der Waals surface area contributed by atoms with Crippen molar-refractivity contribution < 1.29 is 13.5 Å². The summed E-state index contributed by atoms with van der Waals surface area (Å²) in [6.07, 6.45) is 1.65. The first-order chi connectivity index (χ1) is 9.56. The summed E-state index contributed by atoms with van der Waals surface area (Å²) in [5, 5.41) is 3.33. The van der Waals surface area contributed by atoms with Crippen molar-refractivity contribution in [2.45, 2.75) is 33.0 Å². The molecular formula is C15H17BrFNO2. The smallest absolute Gasteiger partial charge is 0.146 e. The van der Waals surface area contributed by atoms with Crippen LogP contribution >= 0.6 is 15.9 Å². The molecule has 1 aromatic carbocycles. The second-order valence-corrected chi connectivity index (χ2v) is 5.62. The molecule has 0 radical (unpaired) electrons. The lowest BCUT2D eigenvalue weighted by molar-refractivity contribution is 0.267. The zero-order valence-corrected chi connectivity index (χ0v) is 13.0. The topological polar surface area (TPSA) is 34.4 Å². The van der Waals surface area contributed by atoms with Crippen molar-refractivity contribution in [3.63, 3.8) is 0 Å². The fourth-order valence-corrected chi connectivity index (χ4v) is 2.04. The molecule has 1 heterocycles. The predicted octanol–water partition coefficient (Wildman–Crippen LogP) is 4.26. The minimum Gasteiger partial charge on any atom is -0.486 e. The molecule has 0 saturated heterocycles. The van der Waals surface area contributed by atoms with E-state index in [9.17, 15) is 4.39 Å². The molecule has 20 heavy (non-hydrogen) atoms. The van der Waals surface area contributed by atoms with Crippen LogP contribution in [0, 0.1) is 5.82 Å². The van der Waals surface area contributed by atoms with Gasteiger partial charge in [0, 0.05) is 18.2 Å². The Balaban J connectivity index is 1.96. The lowest BCUT2D eigenvalue weighted by Gasteiger charge is -2.09. The standard InChI is InChI=1S/C15H17BrFNO2/c1-10(2)18-8-11-5-6-19-15(11)9-20-12-3-4-14(17)13(16)7-12/h3-7,10,18H,8-9H2,1-2H3. The van der Waals surface area contributed by atoms with Gasteiger partial charge in [0.2, 0.25) is 0 Å². The number of hydrogen-bond acceptors (Lipinski definition) is 3. The third-order valence-corrected chi connectivity index (χ3v) is 3.41. The Hall–Kier alpha value is -1.33. The van der Waals surface area contributed by atoms with Gasteiger partial charge in [-0.25, -0.2) is 4.39 Å². The summed E-state index contributed by atoms with van der Waals surface area (Å²) in [6, 6.07) is 6.89. The summed E-state index contributed by atoms with van der Waals surface area (Å²) in [6.45, 7) is 5.23. The number of ether oxygens (including phenoxy) is 1. The molecule has 0 aliphatic heterocycles. The summed E-state index contributed by atoms with van der Waals surface area (Å²) in [5.41, 5.74) is 1.07. The fourth-order valence-electron chi connectivity index (χ4n) is 1.68. The quantitative estimate of drug-likeness (QED) is 0.852. The van der Waals surface area contributed by atoms with Crippen molar-refractivity contribution in [3.05, 3.63) is 52.1 Å². The van der Waals surface area contributed by atoms with Gasteiger partial charge in [-0.2, -0.15) is 0 Å². The SMILES string of the molecule is CC(C)NCc1ccoc1COc1ccc(F)c(Br)c1. The van der Waals surface area contributed by atoms with Crippen LogP contribution in [0.4, 0.5) is 4.39 Å². The van der Waals surface area contributed by atoms with E-state index in [1.807, 2.05) is 6.07 Å². The van der Waals surface area contributed by atoms with Crippen molar-refractivity contribution in [2.24, 2.45) is 0 Å². The van der Waals surface area contributed by atoms with Crippen LogP contribution in [-0.4, -0.2) is 6.04 Å². The van der Waals surface area contributed by atoms with E-state index < -0.39 is 0 Å². The molecule has 2 rings (SSSR count). The molecule has 0 fully saturated rings. The van der Waals surface area contributed by atoms with Crippen molar-refractivity contribution in [2.75, 3.05) is 0 Å². The van der Waals surface area contributed by atoms with Crippen molar-refractivity contribution >= 4 is 15.9 Å². The molecule has 0 bridgehead atoms. The van der Waals surface area contributed by atoms with E-state index in [1.54, 1.807) is 18.4 Å². The first-order valence-electron chi connectivity index (χ1n) is 6.42. The van der Waals surface area contributed by atoms with Crippen LogP contribution in [0.25, 0.3) is 0 Å². The highest BCUT2D eigenvalue weighted by molar-refractivity contribution is 9.10. The van der Waals surface area contributed by atoms with Crippen LogP contribution in [0.3, 0.4) is 0 Å². The summed E-state index contributed by atoms with van der Waals surface area (Å²) >= 11 is 3.13.